The molecule has 0 aliphatic carbocycles. The molecule has 0 aromatic carbocycles. The van der Waals surface area contributed by atoms with E-state index in [2.05, 4.69) is 19.6 Å². The van der Waals surface area contributed by atoms with Gasteiger partial charge in [-0.3, -0.25) is 0 Å². The topological polar surface area (TPSA) is 20.2 Å². The number of unbranched alkanes of at least 4 members (excludes halogenated alkanes) is 4. The first-order valence-electron chi connectivity index (χ1n) is 6.06. The normalized spacial score (nSPS) is 15.4. The van der Waals surface area contributed by atoms with Gasteiger partial charge in [-0.1, -0.05) is 46.0 Å². The fraction of sp³-hybridized carbons (Fsp3) is 1.00. The highest BCUT2D eigenvalue weighted by atomic mass is 32.1. The Morgan fingerprint density at radius 3 is 2.29 bits per heavy atom. The van der Waals surface area contributed by atoms with E-state index in [4.69, 9.17) is 0 Å². The molecular weight excluding hydrogens is 192 g/mol. The highest BCUT2D eigenvalue weighted by Crippen LogP contribution is 2.16. The molecule has 0 aromatic rings. The van der Waals surface area contributed by atoms with E-state index in [-0.39, 0.29) is 6.10 Å². The molecule has 0 saturated heterocycles. The molecule has 0 aliphatic heterocycles. The van der Waals surface area contributed by atoms with Crippen molar-refractivity contribution in [2.24, 2.45) is 0 Å². The second kappa shape index (κ2) is 9.85. The third-order valence-electron chi connectivity index (χ3n) is 2.66. The summed E-state index contributed by atoms with van der Waals surface area (Å²) in [5.41, 5.74) is 0. The second-order valence-corrected chi connectivity index (χ2v) is 4.88. The molecule has 0 saturated carbocycles. The Bertz CT molecular complexity index is 117. The zero-order valence-corrected chi connectivity index (χ0v) is 10.6. The van der Waals surface area contributed by atoms with Crippen LogP contribution in [0.5, 0.6) is 0 Å². The van der Waals surface area contributed by atoms with Gasteiger partial charge in [0.1, 0.15) is 0 Å². The predicted octanol–water partition coefficient (Wildman–Crippen LogP) is 3.81. The third-order valence-corrected chi connectivity index (χ3v) is 3.13. The van der Waals surface area contributed by atoms with Crippen molar-refractivity contribution in [2.45, 2.75) is 76.6 Å². The summed E-state index contributed by atoms with van der Waals surface area (Å²) in [6, 6.07) is 0. The molecule has 0 spiro atoms. The lowest BCUT2D eigenvalue weighted by molar-refractivity contribution is 0.158. The Morgan fingerprint density at radius 2 is 1.71 bits per heavy atom. The molecule has 0 bridgehead atoms. The van der Waals surface area contributed by atoms with Gasteiger partial charge in [-0.25, -0.2) is 0 Å². The Kier molecular flexibility index (Phi) is 10.1. The van der Waals surface area contributed by atoms with Crippen molar-refractivity contribution in [3.63, 3.8) is 0 Å². The van der Waals surface area contributed by atoms with Gasteiger partial charge in [-0.2, -0.15) is 12.6 Å². The summed E-state index contributed by atoms with van der Waals surface area (Å²) >= 11 is 4.49. The van der Waals surface area contributed by atoms with Crippen LogP contribution in [-0.2, 0) is 0 Å². The smallest absolute Gasteiger partial charge is 0.0548 e. The number of rotatable bonds is 9. The average molecular weight is 218 g/mol. The Balaban J connectivity index is 3.22. The van der Waals surface area contributed by atoms with Crippen LogP contribution in [0.3, 0.4) is 0 Å². The van der Waals surface area contributed by atoms with E-state index in [1.165, 1.54) is 32.1 Å². The first kappa shape index (κ1) is 14.3. The molecule has 0 radical (unpaired) electrons. The standard InChI is InChI=1S/C12H26OS/c1-3-5-6-7-8-9-12(14)10-11(13)4-2/h11-14H,3-10H2,1-2H3. The number of hydrogen-bond acceptors (Lipinski definition) is 2. The van der Waals surface area contributed by atoms with Crippen LogP contribution in [0.2, 0.25) is 0 Å². The summed E-state index contributed by atoms with van der Waals surface area (Å²) in [4.78, 5) is 0. The lowest BCUT2D eigenvalue weighted by Crippen LogP contribution is -2.12. The molecule has 14 heavy (non-hydrogen) atoms. The molecule has 2 heteroatoms. The summed E-state index contributed by atoms with van der Waals surface area (Å²) in [6.45, 7) is 4.26. The van der Waals surface area contributed by atoms with Crippen LogP contribution in [-0.4, -0.2) is 16.5 Å². The van der Waals surface area contributed by atoms with Crippen LogP contribution >= 0.6 is 12.6 Å². The monoisotopic (exact) mass is 218 g/mol. The van der Waals surface area contributed by atoms with Crippen LogP contribution < -0.4 is 0 Å². The highest BCUT2D eigenvalue weighted by Gasteiger charge is 2.08. The fourth-order valence-corrected chi connectivity index (χ4v) is 2.01. The van der Waals surface area contributed by atoms with Gasteiger partial charge in [0, 0.05) is 5.25 Å². The molecule has 1 N–H and O–H groups in total. The summed E-state index contributed by atoms with van der Waals surface area (Å²) in [5.74, 6) is 0. The summed E-state index contributed by atoms with van der Waals surface area (Å²) in [7, 11) is 0. The van der Waals surface area contributed by atoms with E-state index in [9.17, 15) is 5.11 Å². The molecular formula is C12H26OS. The number of aliphatic hydroxyl groups excluding tert-OH is 1. The Labute approximate surface area is 94.7 Å². The Hall–Kier alpha value is 0.310. The molecule has 2 atom stereocenters. The van der Waals surface area contributed by atoms with Gasteiger partial charge in [-0.15, -0.1) is 0 Å². The molecule has 0 amide bonds. The average Bonchev–Trinajstić information content (AvgIpc) is 2.17. The van der Waals surface area contributed by atoms with Gasteiger partial charge >= 0.3 is 0 Å². The Morgan fingerprint density at radius 1 is 1.07 bits per heavy atom. The van der Waals surface area contributed by atoms with Crippen LogP contribution in [0.15, 0.2) is 0 Å². The molecule has 1 nitrogen and oxygen atoms in total. The molecule has 0 rings (SSSR count). The molecule has 0 aromatic heterocycles. The highest BCUT2D eigenvalue weighted by molar-refractivity contribution is 7.80. The van der Waals surface area contributed by atoms with E-state index in [1.54, 1.807) is 0 Å². The van der Waals surface area contributed by atoms with Crippen molar-refractivity contribution in [3.05, 3.63) is 0 Å². The molecule has 2 unspecified atom stereocenters. The second-order valence-electron chi connectivity index (χ2n) is 4.15. The quantitative estimate of drug-likeness (QED) is 0.445. The first-order chi connectivity index (χ1) is 6.70. The number of aliphatic hydroxyl groups is 1. The van der Waals surface area contributed by atoms with Gasteiger partial charge in [0.15, 0.2) is 0 Å². The zero-order chi connectivity index (χ0) is 10.8. The summed E-state index contributed by atoms with van der Waals surface area (Å²) in [6.07, 6.45) is 9.33. The van der Waals surface area contributed by atoms with Gasteiger partial charge in [0.25, 0.3) is 0 Å². The molecule has 0 aliphatic rings. The van der Waals surface area contributed by atoms with E-state index >= 15 is 0 Å². The zero-order valence-electron chi connectivity index (χ0n) is 9.71. The maximum atomic E-state index is 9.42. The van der Waals surface area contributed by atoms with Crippen molar-refractivity contribution in [2.75, 3.05) is 0 Å². The summed E-state index contributed by atoms with van der Waals surface area (Å²) in [5, 5.41) is 9.82. The minimum absolute atomic E-state index is 0.145. The van der Waals surface area contributed by atoms with Gasteiger partial charge in [0.2, 0.25) is 0 Å². The van der Waals surface area contributed by atoms with Crippen molar-refractivity contribution < 1.29 is 5.11 Å². The van der Waals surface area contributed by atoms with Gasteiger partial charge in [-0.05, 0) is 19.3 Å². The van der Waals surface area contributed by atoms with Crippen LogP contribution in [0.25, 0.3) is 0 Å². The van der Waals surface area contributed by atoms with Crippen molar-refractivity contribution in [1.29, 1.82) is 0 Å². The van der Waals surface area contributed by atoms with Crippen molar-refractivity contribution >= 4 is 12.6 Å². The van der Waals surface area contributed by atoms with E-state index < -0.39 is 0 Å². The lowest BCUT2D eigenvalue weighted by Gasteiger charge is -2.13. The van der Waals surface area contributed by atoms with Crippen molar-refractivity contribution in [3.8, 4) is 0 Å². The van der Waals surface area contributed by atoms with Gasteiger partial charge in [0.05, 0.1) is 6.10 Å². The lowest BCUT2D eigenvalue weighted by atomic mass is 10.0. The number of thiol groups is 1. The minimum atomic E-state index is -0.145. The minimum Gasteiger partial charge on any atom is -0.393 e. The maximum Gasteiger partial charge on any atom is 0.0548 e. The van der Waals surface area contributed by atoms with E-state index in [0.29, 0.717) is 5.25 Å². The van der Waals surface area contributed by atoms with Crippen LogP contribution in [0.4, 0.5) is 0 Å². The largest absolute Gasteiger partial charge is 0.393 e. The molecule has 0 heterocycles. The molecule has 86 valence electrons. The first-order valence-corrected chi connectivity index (χ1v) is 6.58. The third kappa shape index (κ3) is 8.89. The summed E-state index contributed by atoms with van der Waals surface area (Å²) < 4.78 is 0. The van der Waals surface area contributed by atoms with E-state index in [0.717, 1.165) is 19.3 Å². The van der Waals surface area contributed by atoms with E-state index in [1.807, 2.05) is 6.92 Å². The molecule has 0 fully saturated rings. The van der Waals surface area contributed by atoms with Gasteiger partial charge < -0.3 is 5.11 Å². The van der Waals surface area contributed by atoms with Crippen molar-refractivity contribution in [1.82, 2.24) is 0 Å². The fourth-order valence-electron chi connectivity index (χ4n) is 1.58. The number of hydrogen-bond donors (Lipinski definition) is 2. The van der Waals surface area contributed by atoms with Crippen LogP contribution in [0, 0.1) is 0 Å². The predicted molar refractivity (Wildman–Crippen MR) is 67.1 cm³/mol. The SMILES string of the molecule is CCCCCCCC(S)CC(O)CC. The van der Waals surface area contributed by atoms with Crippen LogP contribution in [0.1, 0.15) is 65.2 Å². The maximum absolute atomic E-state index is 9.42.